The first-order valence-corrected chi connectivity index (χ1v) is 6.45. The van der Waals surface area contributed by atoms with Gasteiger partial charge in [0, 0.05) is 13.2 Å². The monoisotopic (exact) mass is 236 g/mol. The summed E-state index contributed by atoms with van der Waals surface area (Å²) in [5, 5.41) is 3.35. The highest BCUT2D eigenvalue weighted by Crippen LogP contribution is 2.03. The van der Waals surface area contributed by atoms with Crippen LogP contribution >= 0.6 is 0 Å². The van der Waals surface area contributed by atoms with E-state index in [0.29, 0.717) is 12.5 Å². The SMILES string of the molecule is CCCNCc1cccc(COCC(C)C)n1. The molecular weight excluding hydrogens is 212 g/mol. The summed E-state index contributed by atoms with van der Waals surface area (Å²) in [7, 11) is 0. The third kappa shape index (κ3) is 6.39. The van der Waals surface area contributed by atoms with Gasteiger partial charge >= 0.3 is 0 Å². The van der Waals surface area contributed by atoms with Crippen LogP contribution in [0.5, 0.6) is 0 Å². The van der Waals surface area contributed by atoms with Gasteiger partial charge in [0.2, 0.25) is 0 Å². The maximum absolute atomic E-state index is 5.58. The molecule has 1 heterocycles. The maximum atomic E-state index is 5.58. The van der Waals surface area contributed by atoms with Crippen molar-refractivity contribution in [3.05, 3.63) is 29.6 Å². The highest BCUT2D eigenvalue weighted by Gasteiger charge is 1.99. The molecule has 0 radical (unpaired) electrons. The van der Waals surface area contributed by atoms with Crippen molar-refractivity contribution in [2.24, 2.45) is 5.92 Å². The molecule has 1 aromatic rings. The Labute approximate surface area is 105 Å². The molecule has 1 aromatic heterocycles. The average molecular weight is 236 g/mol. The first-order chi connectivity index (χ1) is 8.22. The Hall–Kier alpha value is -0.930. The summed E-state index contributed by atoms with van der Waals surface area (Å²) in [6, 6.07) is 6.11. The zero-order valence-electron chi connectivity index (χ0n) is 11.2. The minimum absolute atomic E-state index is 0.574. The number of pyridine rings is 1. The molecule has 1 N–H and O–H groups in total. The van der Waals surface area contributed by atoms with Gasteiger partial charge in [-0.3, -0.25) is 4.98 Å². The molecule has 0 atom stereocenters. The molecule has 0 aliphatic heterocycles. The zero-order valence-corrected chi connectivity index (χ0v) is 11.2. The van der Waals surface area contributed by atoms with Crippen LogP contribution in [0.2, 0.25) is 0 Å². The molecule has 0 aliphatic rings. The number of ether oxygens (including phenoxy) is 1. The third-order valence-electron chi connectivity index (χ3n) is 2.30. The van der Waals surface area contributed by atoms with Gasteiger partial charge in [0.1, 0.15) is 0 Å². The molecule has 96 valence electrons. The molecular formula is C14H24N2O. The van der Waals surface area contributed by atoms with Gasteiger partial charge in [-0.2, -0.15) is 0 Å². The van der Waals surface area contributed by atoms with Crippen molar-refractivity contribution in [3.8, 4) is 0 Å². The second-order valence-corrected chi connectivity index (χ2v) is 4.71. The van der Waals surface area contributed by atoms with Crippen LogP contribution in [0, 0.1) is 5.92 Å². The molecule has 0 fully saturated rings. The predicted octanol–water partition coefficient (Wildman–Crippen LogP) is 2.75. The predicted molar refractivity (Wildman–Crippen MR) is 70.7 cm³/mol. The van der Waals surface area contributed by atoms with Crippen molar-refractivity contribution in [2.75, 3.05) is 13.2 Å². The van der Waals surface area contributed by atoms with Gasteiger partial charge in [0.05, 0.1) is 18.0 Å². The number of hydrogen-bond donors (Lipinski definition) is 1. The molecule has 3 heteroatoms. The van der Waals surface area contributed by atoms with E-state index in [4.69, 9.17) is 4.74 Å². The fraction of sp³-hybridized carbons (Fsp3) is 0.643. The average Bonchev–Trinajstić information content (AvgIpc) is 2.29. The maximum Gasteiger partial charge on any atom is 0.0888 e. The number of rotatable bonds is 8. The summed E-state index contributed by atoms with van der Waals surface area (Å²) >= 11 is 0. The highest BCUT2D eigenvalue weighted by atomic mass is 16.5. The van der Waals surface area contributed by atoms with Crippen LogP contribution in [0.4, 0.5) is 0 Å². The largest absolute Gasteiger partial charge is 0.375 e. The smallest absolute Gasteiger partial charge is 0.0888 e. The number of nitrogens with zero attached hydrogens (tertiary/aromatic N) is 1. The number of nitrogens with one attached hydrogen (secondary N) is 1. The molecule has 0 unspecified atom stereocenters. The van der Waals surface area contributed by atoms with Gasteiger partial charge < -0.3 is 10.1 Å². The fourth-order valence-electron chi connectivity index (χ4n) is 1.50. The first-order valence-electron chi connectivity index (χ1n) is 6.45. The van der Waals surface area contributed by atoms with Crippen LogP contribution in [-0.2, 0) is 17.9 Å². The van der Waals surface area contributed by atoms with E-state index in [-0.39, 0.29) is 0 Å². The second-order valence-electron chi connectivity index (χ2n) is 4.71. The minimum Gasteiger partial charge on any atom is -0.375 e. The van der Waals surface area contributed by atoms with E-state index in [0.717, 1.165) is 37.5 Å². The van der Waals surface area contributed by atoms with Crippen LogP contribution in [0.25, 0.3) is 0 Å². The zero-order chi connectivity index (χ0) is 12.5. The van der Waals surface area contributed by atoms with Crippen molar-refractivity contribution in [2.45, 2.75) is 40.3 Å². The summed E-state index contributed by atoms with van der Waals surface area (Å²) in [5.41, 5.74) is 2.10. The van der Waals surface area contributed by atoms with E-state index in [1.54, 1.807) is 0 Å². The summed E-state index contributed by atoms with van der Waals surface area (Å²) in [6.45, 7) is 9.75. The van der Waals surface area contributed by atoms with Gasteiger partial charge in [-0.15, -0.1) is 0 Å². The lowest BCUT2D eigenvalue weighted by atomic mass is 10.2. The standard InChI is InChI=1S/C14H24N2O/c1-4-8-15-9-13-6-5-7-14(16-13)11-17-10-12(2)3/h5-7,12,15H,4,8-11H2,1-3H3. The number of aromatic nitrogens is 1. The Morgan fingerprint density at radius 3 is 2.76 bits per heavy atom. The summed E-state index contributed by atoms with van der Waals surface area (Å²) < 4.78 is 5.58. The Morgan fingerprint density at radius 2 is 2.06 bits per heavy atom. The molecule has 1 rings (SSSR count). The van der Waals surface area contributed by atoms with E-state index in [9.17, 15) is 0 Å². The lowest BCUT2D eigenvalue weighted by Gasteiger charge is -2.08. The highest BCUT2D eigenvalue weighted by molar-refractivity contribution is 5.10. The molecule has 0 aromatic carbocycles. The molecule has 17 heavy (non-hydrogen) atoms. The van der Waals surface area contributed by atoms with Crippen LogP contribution in [0.15, 0.2) is 18.2 Å². The van der Waals surface area contributed by atoms with Gasteiger partial charge in [0.25, 0.3) is 0 Å². The van der Waals surface area contributed by atoms with E-state index in [1.165, 1.54) is 0 Å². The Kier molecular flexibility index (Phi) is 6.82. The van der Waals surface area contributed by atoms with E-state index >= 15 is 0 Å². The molecule has 0 saturated carbocycles. The van der Waals surface area contributed by atoms with E-state index in [1.807, 2.05) is 12.1 Å². The lowest BCUT2D eigenvalue weighted by Crippen LogP contribution is -2.15. The van der Waals surface area contributed by atoms with E-state index in [2.05, 4.69) is 37.1 Å². The van der Waals surface area contributed by atoms with Crippen molar-refractivity contribution in [1.82, 2.24) is 10.3 Å². The van der Waals surface area contributed by atoms with E-state index < -0.39 is 0 Å². The second kappa shape index (κ2) is 8.20. The third-order valence-corrected chi connectivity index (χ3v) is 2.30. The van der Waals surface area contributed by atoms with Gasteiger partial charge in [-0.1, -0.05) is 26.8 Å². The molecule has 3 nitrogen and oxygen atoms in total. The fourth-order valence-corrected chi connectivity index (χ4v) is 1.50. The van der Waals surface area contributed by atoms with Crippen LogP contribution in [0.1, 0.15) is 38.6 Å². The van der Waals surface area contributed by atoms with Crippen molar-refractivity contribution in [1.29, 1.82) is 0 Å². The number of hydrogen-bond acceptors (Lipinski definition) is 3. The van der Waals surface area contributed by atoms with Crippen LogP contribution < -0.4 is 5.32 Å². The minimum atomic E-state index is 0.574. The quantitative estimate of drug-likeness (QED) is 0.705. The van der Waals surface area contributed by atoms with Crippen LogP contribution in [-0.4, -0.2) is 18.1 Å². The Morgan fingerprint density at radius 1 is 1.29 bits per heavy atom. The van der Waals surface area contributed by atoms with Gasteiger partial charge in [-0.25, -0.2) is 0 Å². The van der Waals surface area contributed by atoms with Crippen molar-refractivity contribution < 1.29 is 4.74 Å². The molecule has 0 aliphatic carbocycles. The summed E-state index contributed by atoms with van der Waals surface area (Å²) in [5.74, 6) is 0.574. The van der Waals surface area contributed by atoms with Crippen LogP contribution in [0.3, 0.4) is 0 Å². The van der Waals surface area contributed by atoms with Crippen molar-refractivity contribution in [3.63, 3.8) is 0 Å². The molecule has 0 amide bonds. The Bertz CT molecular complexity index is 313. The topological polar surface area (TPSA) is 34.1 Å². The summed E-state index contributed by atoms with van der Waals surface area (Å²) in [4.78, 5) is 4.55. The lowest BCUT2D eigenvalue weighted by molar-refractivity contribution is 0.0947. The molecule has 0 spiro atoms. The first kappa shape index (κ1) is 14.1. The van der Waals surface area contributed by atoms with Gasteiger partial charge in [0.15, 0.2) is 0 Å². The molecule has 0 saturated heterocycles. The van der Waals surface area contributed by atoms with Crippen molar-refractivity contribution >= 4 is 0 Å². The summed E-state index contributed by atoms with van der Waals surface area (Å²) in [6.07, 6.45) is 1.15. The van der Waals surface area contributed by atoms with Gasteiger partial charge in [-0.05, 0) is 31.0 Å². The normalized spacial score (nSPS) is 11.1. The Balaban J connectivity index is 2.37. The molecule has 0 bridgehead atoms.